The van der Waals surface area contributed by atoms with Gasteiger partial charge in [0.25, 0.3) is 0 Å². The van der Waals surface area contributed by atoms with Gasteiger partial charge in [-0.2, -0.15) is 0 Å². The van der Waals surface area contributed by atoms with Gasteiger partial charge in [0.2, 0.25) is 0 Å². The highest BCUT2D eigenvalue weighted by Gasteiger charge is 2.11. The molecule has 0 atom stereocenters. The van der Waals surface area contributed by atoms with Gasteiger partial charge in [-0.1, -0.05) is 6.07 Å². The second kappa shape index (κ2) is 5.61. The molecule has 0 fully saturated rings. The molecule has 21 heavy (non-hydrogen) atoms. The third kappa shape index (κ3) is 2.87. The average molecular weight is 319 g/mol. The molecule has 6 heteroatoms. The lowest BCUT2D eigenvalue weighted by Crippen LogP contribution is -2.06. The largest absolute Gasteiger partial charge is 0.489 e. The van der Waals surface area contributed by atoms with E-state index in [2.05, 4.69) is 27.5 Å². The van der Waals surface area contributed by atoms with E-state index in [1.165, 1.54) is 4.88 Å². The van der Waals surface area contributed by atoms with E-state index >= 15 is 0 Å². The Labute approximate surface area is 132 Å². The molecule has 0 saturated heterocycles. The zero-order valence-corrected chi connectivity index (χ0v) is 13.8. The lowest BCUT2D eigenvalue weighted by molar-refractivity contribution is 0.245. The predicted octanol–water partition coefficient (Wildman–Crippen LogP) is 4.30. The molecule has 2 aromatic heterocycles. The Morgan fingerprint density at radius 1 is 1.43 bits per heavy atom. The first-order valence-electron chi connectivity index (χ1n) is 6.84. The van der Waals surface area contributed by atoms with Crippen molar-refractivity contribution in [2.45, 2.75) is 33.4 Å². The molecule has 0 amide bonds. The number of ether oxygens (including phenoxy) is 1. The van der Waals surface area contributed by atoms with Crippen molar-refractivity contribution < 1.29 is 4.74 Å². The third-order valence-corrected chi connectivity index (χ3v) is 4.32. The topological polar surface area (TPSA) is 42.8 Å². The van der Waals surface area contributed by atoms with Gasteiger partial charge in [-0.05, 0) is 45.1 Å². The molecule has 0 bridgehead atoms. The molecule has 2 heterocycles. The van der Waals surface area contributed by atoms with Gasteiger partial charge in [-0.15, -0.1) is 11.3 Å². The molecule has 0 unspecified atom stereocenters. The van der Waals surface area contributed by atoms with Crippen molar-refractivity contribution >= 4 is 34.6 Å². The van der Waals surface area contributed by atoms with E-state index in [4.69, 9.17) is 17.0 Å². The van der Waals surface area contributed by atoms with Gasteiger partial charge in [-0.3, -0.25) is 0 Å². The summed E-state index contributed by atoms with van der Waals surface area (Å²) in [7, 11) is 0. The molecule has 0 aliphatic heterocycles. The molecule has 0 saturated carbocycles. The van der Waals surface area contributed by atoms with Crippen LogP contribution in [0, 0.1) is 11.7 Å². The van der Waals surface area contributed by atoms with Crippen molar-refractivity contribution in [3.63, 3.8) is 0 Å². The Balaban J connectivity index is 2.07. The van der Waals surface area contributed by atoms with E-state index in [9.17, 15) is 0 Å². The first-order chi connectivity index (χ1) is 10.0. The number of nitrogens with zero attached hydrogens (tertiary/aromatic N) is 2. The van der Waals surface area contributed by atoms with Crippen molar-refractivity contribution in [1.82, 2.24) is 14.5 Å². The second-order valence-corrected chi connectivity index (χ2v) is 6.90. The summed E-state index contributed by atoms with van der Waals surface area (Å²) >= 11 is 7.16. The Morgan fingerprint density at radius 3 is 2.90 bits per heavy atom. The van der Waals surface area contributed by atoms with Crippen molar-refractivity contribution in [2.75, 3.05) is 0 Å². The fraction of sp³-hybridized carbons (Fsp3) is 0.333. The average Bonchev–Trinajstić information content (AvgIpc) is 2.96. The molecule has 0 aliphatic rings. The summed E-state index contributed by atoms with van der Waals surface area (Å²) in [6.07, 6.45) is 2.02. The highest BCUT2D eigenvalue weighted by atomic mass is 32.1. The van der Waals surface area contributed by atoms with Crippen LogP contribution in [0.3, 0.4) is 0 Å². The lowest BCUT2D eigenvalue weighted by atomic mass is 10.3. The molecule has 0 aliphatic carbocycles. The molecule has 0 radical (unpaired) electrons. The van der Waals surface area contributed by atoms with E-state index in [1.54, 1.807) is 11.3 Å². The van der Waals surface area contributed by atoms with Crippen LogP contribution in [0.1, 0.15) is 23.7 Å². The van der Waals surface area contributed by atoms with Crippen molar-refractivity contribution in [3.8, 4) is 5.75 Å². The molecule has 1 aromatic carbocycles. The van der Waals surface area contributed by atoms with E-state index in [0.717, 1.165) is 21.8 Å². The van der Waals surface area contributed by atoms with E-state index in [-0.39, 0.29) is 6.10 Å². The number of para-hydroxylation sites is 1. The maximum atomic E-state index is 5.85. The fourth-order valence-corrected chi connectivity index (χ4v) is 3.31. The number of rotatable bonds is 4. The number of imidazole rings is 1. The number of aryl methyl sites for hydroxylation is 1. The maximum absolute atomic E-state index is 5.85. The molecule has 4 nitrogen and oxygen atoms in total. The molecule has 3 aromatic rings. The SMILES string of the molecule is Cc1cnc(Cn2c(=S)[nH]c3c(OC(C)C)cccc32)s1. The van der Waals surface area contributed by atoms with Crippen LogP contribution in [0.15, 0.2) is 24.4 Å². The lowest BCUT2D eigenvalue weighted by Gasteiger charge is -2.10. The number of hydrogen-bond donors (Lipinski definition) is 1. The van der Waals surface area contributed by atoms with Gasteiger partial charge in [0.05, 0.1) is 18.2 Å². The van der Waals surface area contributed by atoms with Crippen molar-refractivity contribution in [2.24, 2.45) is 0 Å². The normalized spacial score (nSPS) is 11.4. The van der Waals surface area contributed by atoms with E-state index in [1.807, 2.05) is 32.2 Å². The number of fused-ring (bicyclic) bond motifs is 1. The number of hydrogen-bond acceptors (Lipinski definition) is 4. The maximum Gasteiger partial charge on any atom is 0.178 e. The zero-order valence-electron chi connectivity index (χ0n) is 12.2. The van der Waals surface area contributed by atoms with Crippen LogP contribution in [0.2, 0.25) is 0 Å². The quantitative estimate of drug-likeness (QED) is 0.729. The number of H-pyrrole nitrogens is 1. The number of thiazole rings is 1. The zero-order chi connectivity index (χ0) is 15.0. The van der Waals surface area contributed by atoms with Crippen LogP contribution < -0.4 is 4.74 Å². The van der Waals surface area contributed by atoms with E-state index < -0.39 is 0 Å². The van der Waals surface area contributed by atoms with Crippen LogP contribution in [0.4, 0.5) is 0 Å². The van der Waals surface area contributed by atoms with Crippen LogP contribution >= 0.6 is 23.6 Å². The summed E-state index contributed by atoms with van der Waals surface area (Å²) in [6.45, 7) is 6.78. The first-order valence-corrected chi connectivity index (χ1v) is 8.06. The number of nitrogens with one attached hydrogen (secondary N) is 1. The fourth-order valence-electron chi connectivity index (χ4n) is 2.27. The van der Waals surface area contributed by atoms with Gasteiger partial charge in [0, 0.05) is 11.1 Å². The van der Waals surface area contributed by atoms with Crippen LogP contribution in [0.5, 0.6) is 5.75 Å². The molecule has 0 spiro atoms. The van der Waals surface area contributed by atoms with Gasteiger partial charge in [-0.25, -0.2) is 4.98 Å². The Morgan fingerprint density at radius 2 is 2.24 bits per heavy atom. The first kappa shape index (κ1) is 14.3. The molecule has 1 N–H and O–H groups in total. The van der Waals surface area contributed by atoms with Crippen molar-refractivity contribution in [1.29, 1.82) is 0 Å². The number of aromatic amines is 1. The summed E-state index contributed by atoms with van der Waals surface area (Å²) in [5.74, 6) is 0.836. The summed E-state index contributed by atoms with van der Waals surface area (Å²) in [5, 5.41) is 1.06. The van der Waals surface area contributed by atoms with Gasteiger partial charge < -0.3 is 14.3 Å². The summed E-state index contributed by atoms with van der Waals surface area (Å²) < 4.78 is 8.60. The number of aromatic nitrogens is 3. The minimum atomic E-state index is 0.127. The monoisotopic (exact) mass is 319 g/mol. The van der Waals surface area contributed by atoms with E-state index in [0.29, 0.717) is 11.3 Å². The number of benzene rings is 1. The predicted molar refractivity (Wildman–Crippen MR) is 88.8 cm³/mol. The smallest absolute Gasteiger partial charge is 0.178 e. The van der Waals surface area contributed by atoms with Gasteiger partial charge in [0.15, 0.2) is 4.77 Å². The Hall–Kier alpha value is -1.66. The summed E-state index contributed by atoms with van der Waals surface area (Å²) in [6, 6.07) is 6.01. The molecule has 3 rings (SSSR count). The van der Waals surface area contributed by atoms with Crippen LogP contribution in [-0.2, 0) is 6.54 Å². The molecular formula is C15H17N3OS2. The summed E-state index contributed by atoms with van der Waals surface area (Å²) in [5.41, 5.74) is 2.00. The Bertz CT molecular complexity index is 829. The van der Waals surface area contributed by atoms with Crippen LogP contribution in [-0.4, -0.2) is 20.6 Å². The Kier molecular flexibility index (Phi) is 3.82. The van der Waals surface area contributed by atoms with Gasteiger partial charge in [0.1, 0.15) is 16.3 Å². The second-order valence-electron chi connectivity index (χ2n) is 5.20. The standard InChI is InChI=1S/C15H17N3OS2/c1-9(2)19-12-6-4-5-11-14(12)17-15(20)18(11)8-13-16-7-10(3)21-13/h4-7,9H,8H2,1-3H3,(H,17,20). The third-order valence-electron chi connectivity index (χ3n) is 3.10. The molecular weight excluding hydrogens is 302 g/mol. The van der Waals surface area contributed by atoms with Crippen molar-refractivity contribution in [3.05, 3.63) is 39.1 Å². The minimum Gasteiger partial charge on any atom is -0.489 e. The summed E-state index contributed by atoms with van der Waals surface area (Å²) in [4.78, 5) is 8.88. The van der Waals surface area contributed by atoms with Gasteiger partial charge >= 0.3 is 0 Å². The minimum absolute atomic E-state index is 0.127. The molecule has 110 valence electrons. The highest BCUT2D eigenvalue weighted by Crippen LogP contribution is 2.26. The highest BCUT2D eigenvalue weighted by molar-refractivity contribution is 7.71. The van der Waals surface area contributed by atoms with Crippen LogP contribution in [0.25, 0.3) is 11.0 Å².